The highest BCUT2D eigenvalue weighted by Crippen LogP contribution is 2.35. The Morgan fingerprint density at radius 2 is 0.826 bits per heavy atom. The van der Waals surface area contributed by atoms with Crippen LogP contribution in [-0.4, -0.2) is 284 Å². The molecule has 0 saturated carbocycles. The molecular formula is C39H68N4O26. The summed E-state index contributed by atoms with van der Waals surface area (Å²) in [6, 6.07) is -4.55. The number of hydrogen-bond donors (Lipinski definition) is 17. The zero-order valence-electron chi connectivity index (χ0n) is 37.8. The third-order valence-electron chi connectivity index (χ3n) is 12.1. The average Bonchev–Trinajstić information content (AvgIpc) is 3.30. The van der Waals surface area contributed by atoms with Gasteiger partial charge in [-0.05, 0) is 13.0 Å². The third-order valence-corrected chi connectivity index (χ3v) is 12.1. The molecule has 0 aliphatic carbocycles. The monoisotopic (exact) mass is 1010 g/mol. The van der Waals surface area contributed by atoms with E-state index in [0.717, 1.165) is 20.8 Å². The topological polar surface area (TPSA) is 469 Å². The van der Waals surface area contributed by atoms with E-state index in [4.69, 9.17) is 53.1 Å². The first-order valence-electron chi connectivity index (χ1n) is 22.3. The van der Waals surface area contributed by atoms with Gasteiger partial charge in [0.2, 0.25) is 17.7 Å². The highest BCUT2D eigenvalue weighted by atomic mass is 16.8. The summed E-state index contributed by atoms with van der Waals surface area (Å²) in [5.74, 6) is -2.14. The van der Waals surface area contributed by atoms with Crippen molar-refractivity contribution in [1.29, 1.82) is 0 Å². The predicted molar refractivity (Wildman–Crippen MR) is 219 cm³/mol. The number of aliphatic hydroxyl groups is 13. The maximum absolute atomic E-state index is 12.4. The lowest BCUT2D eigenvalue weighted by Crippen LogP contribution is -2.69. The molecule has 0 aromatic heterocycles. The molecule has 5 heterocycles. The number of carbonyl (C=O) groups excluding carboxylic acids is 3. The first-order valence-corrected chi connectivity index (χ1v) is 22.3. The summed E-state index contributed by atoms with van der Waals surface area (Å²) >= 11 is 0. The largest absolute Gasteiger partial charge is 0.394 e. The molecule has 400 valence electrons. The van der Waals surface area contributed by atoms with Gasteiger partial charge in [0, 0.05) is 20.8 Å². The number of aliphatic hydroxyl groups excluding tert-OH is 13. The van der Waals surface area contributed by atoms with Crippen LogP contribution < -0.4 is 21.7 Å². The minimum atomic E-state index is -2.09. The Morgan fingerprint density at radius 3 is 1.29 bits per heavy atom. The van der Waals surface area contributed by atoms with E-state index in [0.29, 0.717) is 6.42 Å². The Labute approximate surface area is 394 Å². The summed E-state index contributed by atoms with van der Waals surface area (Å²) in [5.41, 5.74) is 5.55. The van der Waals surface area contributed by atoms with Crippen molar-refractivity contribution < 1.29 is 128 Å². The van der Waals surface area contributed by atoms with Crippen molar-refractivity contribution >= 4 is 17.7 Å². The Morgan fingerprint density at radius 1 is 0.435 bits per heavy atom. The van der Waals surface area contributed by atoms with E-state index in [2.05, 4.69) is 16.0 Å². The van der Waals surface area contributed by atoms with Crippen molar-refractivity contribution in [2.75, 3.05) is 46.2 Å². The molecule has 30 nitrogen and oxygen atoms in total. The molecule has 5 aliphatic rings. The Hall–Kier alpha value is -2.55. The van der Waals surface area contributed by atoms with Crippen molar-refractivity contribution in [1.82, 2.24) is 16.0 Å². The maximum Gasteiger partial charge on any atom is 0.217 e. The molecule has 18 N–H and O–H groups in total. The van der Waals surface area contributed by atoms with Gasteiger partial charge in [0.15, 0.2) is 31.5 Å². The molecule has 0 bridgehead atoms. The van der Waals surface area contributed by atoms with Gasteiger partial charge in [-0.3, -0.25) is 14.4 Å². The van der Waals surface area contributed by atoms with E-state index in [1.807, 2.05) is 0 Å². The van der Waals surface area contributed by atoms with Crippen LogP contribution in [0.4, 0.5) is 0 Å². The van der Waals surface area contributed by atoms with Gasteiger partial charge < -0.3 is 135 Å². The molecule has 30 heteroatoms. The molecule has 5 fully saturated rings. The zero-order chi connectivity index (χ0) is 51.0. The van der Waals surface area contributed by atoms with Gasteiger partial charge in [-0.1, -0.05) is 0 Å². The predicted octanol–water partition coefficient (Wildman–Crippen LogP) is -11.1. The first kappa shape index (κ1) is 57.4. The van der Waals surface area contributed by atoms with Gasteiger partial charge >= 0.3 is 0 Å². The summed E-state index contributed by atoms with van der Waals surface area (Å²) in [6.07, 6.45) is -38.2. The van der Waals surface area contributed by atoms with E-state index in [9.17, 15) is 80.8 Å². The number of hydrogen-bond acceptors (Lipinski definition) is 27. The van der Waals surface area contributed by atoms with Crippen LogP contribution in [-0.2, 0) is 61.8 Å². The van der Waals surface area contributed by atoms with Crippen LogP contribution in [0.5, 0.6) is 0 Å². The van der Waals surface area contributed by atoms with Gasteiger partial charge in [-0.15, -0.1) is 0 Å². The Bertz CT molecular complexity index is 1630. The van der Waals surface area contributed by atoms with E-state index >= 15 is 0 Å². The zero-order valence-corrected chi connectivity index (χ0v) is 37.8. The maximum atomic E-state index is 12.4. The van der Waals surface area contributed by atoms with E-state index in [-0.39, 0.29) is 13.2 Å². The van der Waals surface area contributed by atoms with Crippen molar-refractivity contribution in [3.63, 3.8) is 0 Å². The van der Waals surface area contributed by atoms with Gasteiger partial charge in [-0.25, -0.2) is 0 Å². The number of nitrogens with two attached hydrogens (primary N) is 1. The minimum absolute atomic E-state index is 0.0425. The van der Waals surface area contributed by atoms with Crippen LogP contribution in [0.25, 0.3) is 0 Å². The highest BCUT2D eigenvalue weighted by molar-refractivity contribution is 5.74. The highest BCUT2D eigenvalue weighted by Gasteiger charge is 2.56. The van der Waals surface area contributed by atoms with E-state index in [1.54, 1.807) is 0 Å². The van der Waals surface area contributed by atoms with Crippen molar-refractivity contribution in [2.45, 2.75) is 181 Å². The molecule has 0 aromatic rings. The van der Waals surface area contributed by atoms with Gasteiger partial charge in [0.05, 0.1) is 39.6 Å². The molecular weight excluding hydrogens is 940 g/mol. The molecule has 69 heavy (non-hydrogen) atoms. The SMILES string of the molecule is CC(=O)N[C@H]1[C@H](OC[C@H]2O[C@@H](O[C@@H]3[C@@H](O)[C@@H](CO)O[C@@H](O[C@H]4[C@H](O)[C@@H](NC(C)=O)[C@H](OCCCN)O[C@@H]4CO)[C@@H]3O)[C@H](NC(C)=O)[C@@H](O)[C@@H]2O)O[C@H](CO)[C@@H](O[C@@H]2O[C@H](CO)[C@H](O)[C@H](O)[C@H]2O)[C@@H]1O. The van der Waals surface area contributed by atoms with E-state index < -0.39 is 204 Å². The summed E-state index contributed by atoms with van der Waals surface area (Å²) < 4.78 is 57.8. The summed E-state index contributed by atoms with van der Waals surface area (Å²) in [5, 5.41) is 147. The van der Waals surface area contributed by atoms with Crippen molar-refractivity contribution in [3.05, 3.63) is 0 Å². The molecule has 0 spiro atoms. The lowest BCUT2D eigenvalue weighted by Gasteiger charge is -2.49. The lowest BCUT2D eigenvalue weighted by molar-refractivity contribution is -0.371. The molecule has 5 aliphatic heterocycles. The second-order valence-corrected chi connectivity index (χ2v) is 17.2. The Balaban J connectivity index is 1.35. The fraction of sp³-hybridized carbons (Fsp3) is 0.923. The summed E-state index contributed by atoms with van der Waals surface area (Å²) in [4.78, 5) is 36.9. The van der Waals surface area contributed by atoms with Gasteiger partial charge in [0.25, 0.3) is 0 Å². The summed E-state index contributed by atoms with van der Waals surface area (Å²) in [7, 11) is 0. The van der Waals surface area contributed by atoms with Crippen LogP contribution in [0.3, 0.4) is 0 Å². The van der Waals surface area contributed by atoms with Gasteiger partial charge in [-0.2, -0.15) is 0 Å². The second kappa shape index (κ2) is 25.9. The van der Waals surface area contributed by atoms with Crippen molar-refractivity contribution in [2.24, 2.45) is 5.73 Å². The molecule has 0 aromatic carbocycles. The number of ether oxygens (including phenoxy) is 10. The number of nitrogens with one attached hydrogen (secondary N) is 3. The standard InChI is InChI=1S/C39H68N4O26/c1-12(48)41-20-26(54)24(52)19(11-61-36-22(43-14(3)50)28(56)32(18(10-47)65-36)67-38-30(58)29(57)23(51)15(7-44)62-38)66-37(20)69-34-25(53)16(8-45)63-39(31(34)59)68-33-17(9-46)64-35(60-6-4-5-40)21(27(33)55)42-13(2)49/h15-39,44-47,51-59H,4-11,40H2,1-3H3,(H,41,48)(H,42,49)(H,43,50)/t15-,16-,17-,18-,19-,20-,21-,22-,23+,24-,25+,26-,27-,28-,29+,30-,31-,32-,33-,34-,35-,36-,37+,38+,39+/m1/s1. The smallest absolute Gasteiger partial charge is 0.217 e. The van der Waals surface area contributed by atoms with Crippen LogP contribution >= 0.6 is 0 Å². The minimum Gasteiger partial charge on any atom is -0.394 e. The lowest BCUT2D eigenvalue weighted by atomic mass is 9.94. The molecule has 0 unspecified atom stereocenters. The fourth-order valence-corrected chi connectivity index (χ4v) is 8.55. The normalized spacial score (nSPS) is 45.1. The average molecular weight is 1010 g/mol. The van der Waals surface area contributed by atoms with Crippen LogP contribution in [0.15, 0.2) is 0 Å². The first-order chi connectivity index (χ1) is 32.7. The molecule has 25 atom stereocenters. The third kappa shape index (κ3) is 13.5. The van der Waals surface area contributed by atoms with Crippen molar-refractivity contribution in [3.8, 4) is 0 Å². The number of rotatable bonds is 20. The summed E-state index contributed by atoms with van der Waals surface area (Å²) in [6.45, 7) is -0.714. The molecule has 0 radical (unpaired) electrons. The van der Waals surface area contributed by atoms with Gasteiger partial charge in [0.1, 0.15) is 122 Å². The molecule has 5 saturated heterocycles. The molecule has 3 amide bonds. The Kier molecular flexibility index (Phi) is 21.5. The number of amides is 3. The second-order valence-electron chi connectivity index (χ2n) is 17.2. The fourth-order valence-electron chi connectivity index (χ4n) is 8.55. The van der Waals surface area contributed by atoms with Crippen LogP contribution in [0.2, 0.25) is 0 Å². The van der Waals surface area contributed by atoms with Crippen LogP contribution in [0, 0.1) is 0 Å². The van der Waals surface area contributed by atoms with Crippen LogP contribution in [0.1, 0.15) is 27.2 Å². The van der Waals surface area contributed by atoms with E-state index in [1.165, 1.54) is 0 Å². The molecule has 5 rings (SSSR count). The number of carbonyl (C=O) groups is 3. The quantitative estimate of drug-likeness (QED) is 0.0504.